The Morgan fingerprint density at radius 2 is 2.25 bits per heavy atom. The lowest BCUT2D eigenvalue weighted by Gasteiger charge is -2.17. The van der Waals surface area contributed by atoms with Crippen molar-refractivity contribution in [3.05, 3.63) is 39.3 Å². The van der Waals surface area contributed by atoms with E-state index >= 15 is 0 Å². The van der Waals surface area contributed by atoms with E-state index in [0.717, 1.165) is 27.5 Å². The highest BCUT2D eigenvalue weighted by Crippen LogP contribution is 2.36. The third-order valence-electron chi connectivity index (χ3n) is 2.94. The molecule has 1 atom stereocenters. The second kappa shape index (κ2) is 7.59. The molecule has 1 aromatic carbocycles. The molecule has 0 saturated carbocycles. The first-order chi connectivity index (χ1) is 9.60. The Morgan fingerprint density at radius 1 is 1.45 bits per heavy atom. The van der Waals surface area contributed by atoms with E-state index in [1.165, 1.54) is 10.5 Å². The lowest BCUT2D eigenvalue weighted by molar-refractivity contribution is 0.563. The molecule has 2 aromatic rings. The van der Waals surface area contributed by atoms with Crippen LogP contribution in [0.2, 0.25) is 0 Å². The van der Waals surface area contributed by atoms with Gasteiger partial charge in [-0.3, -0.25) is 0 Å². The molecule has 1 unspecified atom stereocenters. The standard InChI is InChI=1S/C15H19BrN2S2/c1-4-7-17-11(3)13-6-5-12(16)8-14(13)20-15-18-10(2)9-19-15/h5-6,8-9,11,17H,4,7H2,1-3H3. The minimum Gasteiger partial charge on any atom is -0.310 e. The van der Waals surface area contributed by atoms with Crippen molar-refractivity contribution in [3.63, 3.8) is 0 Å². The fourth-order valence-electron chi connectivity index (χ4n) is 1.90. The van der Waals surface area contributed by atoms with Gasteiger partial charge in [-0.05, 0) is 44.5 Å². The number of thiazole rings is 1. The molecular weight excluding hydrogens is 352 g/mol. The fraction of sp³-hybridized carbons (Fsp3) is 0.400. The van der Waals surface area contributed by atoms with Gasteiger partial charge in [0.25, 0.3) is 0 Å². The van der Waals surface area contributed by atoms with E-state index in [1.54, 1.807) is 23.1 Å². The molecule has 0 saturated heterocycles. The maximum atomic E-state index is 4.54. The van der Waals surface area contributed by atoms with Crippen molar-refractivity contribution in [2.75, 3.05) is 6.54 Å². The van der Waals surface area contributed by atoms with Crippen LogP contribution in [0.5, 0.6) is 0 Å². The van der Waals surface area contributed by atoms with Crippen LogP contribution in [0.4, 0.5) is 0 Å². The molecule has 2 rings (SSSR count). The Kier molecular flexibility index (Phi) is 6.08. The van der Waals surface area contributed by atoms with E-state index in [2.05, 4.69) is 63.7 Å². The summed E-state index contributed by atoms with van der Waals surface area (Å²) in [7, 11) is 0. The summed E-state index contributed by atoms with van der Waals surface area (Å²) < 4.78 is 2.21. The summed E-state index contributed by atoms with van der Waals surface area (Å²) >= 11 is 7.02. The number of halogens is 1. The van der Waals surface area contributed by atoms with Gasteiger partial charge in [0.2, 0.25) is 0 Å². The van der Waals surface area contributed by atoms with Crippen LogP contribution in [0.25, 0.3) is 0 Å². The van der Waals surface area contributed by atoms with Crippen LogP contribution in [0, 0.1) is 6.92 Å². The van der Waals surface area contributed by atoms with Crippen molar-refractivity contribution in [2.45, 2.75) is 42.5 Å². The van der Waals surface area contributed by atoms with Gasteiger partial charge in [0.1, 0.15) is 0 Å². The predicted molar refractivity (Wildman–Crippen MR) is 91.8 cm³/mol. The van der Waals surface area contributed by atoms with Crippen LogP contribution in [-0.2, 0) is 0 Å². The van der Waals surface area contributed by atoms with Crippen molar-refractivity contribution < 1.29 is 0 Å². The lowest BCUT2D eigenvalue weighted by atomic mass is 10.1. The maximum Gasteiger partial charge on any atom is 0.154 e. The number of nitrogens with zero attached hydrogens (tertiary/aromatic N) is 1. The molecule has 0 aliphatic carbocycles. The highest BCUT2D eigenvalue weighted by molar-refractivity contribution is 9.10. The van der Waals surface area contributed by atoms with Crippen LogP contribution < -0.4 is 5.32 Å². The highest BCUT2D eigenvalue weighted by Gasteiger charge is 2.13. The van der Waals surface area contributed by atoms with E-state index in [0.29, 0.717) is 6.04 Å². The van der Waals surface area contributed by atoms with E-state index < -0.39 is 0 Å². The normalized spacial score (nSPS) is 12.6. The first kappa shape index (κ1) is 16.0. The molecule has 1 aromatic heterocycles. The number of rotatable bonds is 6. The van der Waals surface area contributed by atoms with E-state index in [9.17, 15) is 0 Å². The first-order valence-corrected chi connectivity index (χ1v) is 9.22. The minimum absolute atomic E-state index is 0.353. The van der Waals surface area contributed by atoms with Crippen LogP contribution in [0.1, 0.15) is 37.6 Å². The van der Waals surface area contributed by atoms with Crippen molar-refractivity contribution in [1.29, 1.82) is 0 Å². The molecular formula is C15H19BrN2S2. The van der Waals surface area contributed by atoms with Gasteiger partial charge in [0.05, 0.1) is 0 Å². The molecule has 20 heavy (non-hydrogen) atoms. The van der Waals surface area contributed by atoms with Gasteiger partial charge in [-0.25, -0.2) is 4.98 Å². The summed E-state index contributed by atoms with van der Waals surface area (Å²) in [5.74, 6) is 0. The van der Waals surface area contributed by atoms with Crippen molar-refractivity contribution in [3.8, 4) is 0 Å². The molecule has 0 spiro atoms. The summed E-state index contributed by atoms with van der Waals surface area (Å²) in [6.45, 7) is 7.48. The zero-order chi connectivity index (χ0) is 14.5. The van der Waals surface area contributed by atoms with Gasteiger partial charge in [-0.1, -0.05) is 40.7 Å². The van der Waals surface area contributed by atoms with Crippen molar-refractivity contribution >= 4 is 39.0 Å². The summed E-state index contributed by atoms with van der Waals surface area (Å²) in [6, 6.07) is 6.84. The SMILES string of the molecule is CCCNC(C)c1ccc(Br)cc1Sc1nc(C)cs1. The molecule has 5 heteroatoms. The summed E-state index contributed by atoms with van der Waals surface area (Å²) in [4.78, 5) is 5.81. The third kappa shape index (κ3) is 4.32. The molecule has 1 N–H and O–H groups in total. The van der Waals surface area contributed by atoms with Crippen LogP contribution >= 0.6 is 39.0 Å². The number of hydrogen-bond donors (Lipinski definition) is 1. The van der Waals surface area contributed by atoms with Gasteiger partial charge in [-0.15, -0.1) is 11.3 Å². The fourth-order valence-corrected chi connectivity index (χ4v) is 4.46. The molecule has 0 aliphatic rings. The highest BCUT2D eigenvalue weighted by atomic mass is 79.9. The van der Waals surface area contributed by atoms with E-state index in [4.69, 9.17) is 0 Å². The Balaban J connectivity index is 2.23. The Bertz CT molecular complexity index is 569. The number of aromatic nitrogens is 1. The second-order valence-corrected chi connectivity index (χ2v) is 7.78. The van der Waals surface area contributed by atoms with Crippen LogP contribution in [0.15, 0.2) is 37.3 Å². The zero-order valence-corrected chi connectivity index (χ0v) is 15.2. The Morgan fingerprint density at radius 3 is 2.90 bits per heavy atom. The number of hydrogen-bond acceptors (Lipinski definition) is 4. The lowest BCUT2D eigenvalue weighted by Crippen LogP contribution is -2.19. The van der Waals surface area contributed by atoms with Crippen LogP contribution in [0.3, 0.4) is 0 Å². The third-order valence-corrected chi connectivity index (χ3v) is 5.56. The minimum atomic E-state index is 0.353. The van der Waals surface area contributed by atoms with Gasteiger partial charge in [0.15, 0.2) is 4.34 Å². The summed E-state index contributed by atoms with van der Waals surface area (Å²) in [5.41, 5.74) is 2.42. The first-order valence-electron chi connectivity index (χ1n) is 6.73. The van der Waals surface area contributed by atoms with Crippen LogP contribution in [-0.4, -0.2) is 11.5 Å². The average Bonchev–Trinajstić information content (AvgIpc) is 2.81. The van der Waals surface area contributed by atoms with E-state index in [1.807, 2.05) is 6.92 Å². The predicted octanol–water partition coefficient (Wildman–Crippen LogP) is 5.43. The molecule has 0 aliphatic heterocycles. The molecule has 108 valence electrons. The van der Waals surface area contributed by atoms with Gasteiger partial charge < -0.3 is 5.32 Å². The van der Waals surface area contributed by atoms with Crippen molar-refractivity contribution in [2.24, 2.45) is 0 Å². The van der Waals surface area contributed by atoms with Gasteiger partial charge in [-0.2, -0.15) is 0 Å². The van der Waals surface area contributed by atoms with E-state index in [-0.39, 0.29) is 0 Å². The molecule has 0 fully saturated rings. The molecule has 0 radical (unpaired) electrons. The molecule has 1 heterocycles. The number of aryl methyl sites for hydroxylation is 1. The number of benzene rings is 1. The van der Waals surface area contributed by atoms with Gasteiger partial charge >= 0.3 is 0 Å². The van der Waals surface area contributed by atoms with Crippen molar-refractivity contribution in [1.82, 2.24) is 10.3 Å². The summed E-state index contributed by atoms with van der Waals surface area (Å²) in [5, 5.41) is 5.65. The quantitative estimate of drug-likeness (QED) is 0.733. The summed E-state index contributed by atoms with van der Waals surface area (Å²) in [6.07, 6.45) is 1.15. The molecule has 0 amide bonds. The smallest absolute Gasteiger partial charge is 0.154 e. The molecule has 0 bridgehead atoms. The largest absolute Gasteiger partial charge is 0.310 e. The van der Waals surface area contributed by atoms with Gasteiger partial charge in [0, 0.05) is 26.5 Å². The maximum absolute atomic E-state index is 4.54. The average molecular weight is 371 g/mol. The monoisotopic (exact) mass is 370 g/mol. The second-order valence-electron chi connectivity index (χ2n) is 4.71. The number of nitrogens with one attached hydrogen (secondary N) is 1. The Hall–Kier alpha value is -0.360. The Labute approximate surface area is 137 Å². The topological polar surface area (TPSA) is 24.9 Å². The molecule has 2 nitrogen and oxygen atoms in total. The zero-order valence-electron chi connectivity index (χ0n) is 11.9.